The third-order valence-electron chi connectivity index (χ3n) is 3.42. The van der Waals surface area contributed by atoms with Crippen LogP contribution in [-0.4, -0.2) is 11.1 Å². The lowest BCUT2D eigenvalue weighted by Crippen LogP contribution is -1.97. The molecule has 3 nitrogen and oxygen atoms in total. The number of hydrogen-bond acceptors (Lipinski definition) is 3. The highest BCUT2D eigenvalue weighted by atomic mass is 32.1. The van der Waals surface area contributed by atoms with Crippen LogP contribution in [0.5, 0.6) is 0 Å². The quantitative estimate of drug-likeness (QED) is 0.742. The summed E-state index contributed by atoms with van der Waals surface area (Å²) in [7, 11) is 0. The van der Waals surface area contributed by atoms with E-state index < -0.39 is 5.97 Å². The lowest BCUT2D eigenvalue weighted by molar-refractivity contribution is 0.0703. The maximum Gasteiger partial charge on any atom is 0.348 e. The molecular formula is C16H13NO2S. The lowest BCUT2D eigenvalue weighted by atomic mass is 10.0. The Morgan fingerprint density at radius 2 is 1.85 bits per heavy atom. The van der Waals surface area contributed by atoms with Crippen molar-refractivity contribution < 1.29 is 9.90 Å². The lowest BCUT2D eigenvalue weighted by Gasteiger charge is -2.05. The molecule has 100 valence electrons. The first-order valence-electron chi connectivity index (χ1n) is 6.20. The SMILES string of the molecule is Cc1c(-c2cccc3ccccc23)sc(C(=O)O)c1N. The molecule has 0 aliphatic carbocycles. The molecule has 0 unspecified atom stereocenters. The van der Waals surface area contributed by atoms with Gasteiger partial charge in [-0.2, -0.15) is 0 Å². The molecule has 0 bridgehead atoms. The van der Waals surface area contributed by atoms with Crippen LogP contribution < -0.4 is 5.73 Å². The second kappa shape index (κ2) is 4.65. The fraction of sp³-hybridized carbons (Fsp3) is 0.0625. The molecule has 2 aromatic carbocycles. The van der Waals surface area contributed by atoms with Gasteiger partial charge < -0.3 is 10.8 Å². The summed E-state index contributed by atoms with van der Waals surface area (Å²) in [6.45, 7) is 1.87. The van der Waals surface area contributed by atoms with Gasteiger partial charge >= 0.3 is 5.97 Å². The minimum absolute atomic E-state index is 0.213. The Morgan fingerprint density at radius 3 is 2.55 bits per heavy atom. The third kappa shape index (κ3) is 1.85. The van der Waals surface area contributed by atoms with Crippen LogP contribution >= 0.6 is 11.3 Å². The summed E-state index contributed by atoms with van der Waals surface area (Å²) < 4.78 is 0. The molecular weight excluding hydrogens is 270 g/mol. The number of carbonyl (C=O) groups is 1. The van der Waals surface area contributed by atoms with E-state index in [1.807, 2.05) is 49.4 Å². The van der Waals surface area contributed by atoms with Crippen molar-refractivity contribution in [2.24, 2.45) is 0 Å². The fourth-order valence-corrected chi connectivity index (χ4v) is 3.47. The van der Waals surface area contributed by atoms with Crippen LogP contribution in [0.1, 0.15) is 15.2 Å². The fourth-order valence-electron chi connectivity index (χ4n) is 2.37. The first kappa shape index (κ1) is 12.7. The summed E-state index contributed by atoms with van der Waals surface area (Å²) in [6, 6.07) is 14.1. The highest BCUT2D eigenvalue weighted by molar-refractivity contribution is 7.18. The van der Waals surface area contributed by atoms with E-state index in [2.05, 4.69) is 0 Å². The number of fused-ring (bicyclic) bond motifs is 1. The second-order valence-corrected chi connectivity index (χ2v) is 5.65. The number of aromatic carboxylic acids is 1. The standard InChI is InChI=1S/C16H13NO2S/c1-9-13(17)15(16(18)19)20-14(9)12-8-4-6-10-5-2-3-7-11(10)12/h2-8H,17H2,1H3,(H,18,19). The van der Waals surface area contributed by atoms with Gasteiger partial charge in [0, 0.05) is 4.88 Å². The Balaban J connectivity index is 2.32. The molecule has 0 saturated heterocycles. The Labute approximate surface area is 120 Å². The Morgan fingerprint density at radius 1 is 1.15 bits per heavy atom. The predicted octanol–water partition coefficient (Wildman–Crippen LogP) is 4.16. The molecule has 0 amide bonds. The van der Waals surface area contributed by atoms with E-state index in [1.54, 1.807) is 0 Å². The van der Waals surface area contributed by atoms with Crippen molar-refractivity contribution in [2.45, 2.75) is 6.92 Å². The molecule has 0 atom stereocenters. The van der Waals surface area contributed by atoms with Gasteiger partial charge in [-0.1, -0.05) is 42.5 Å². The van der Waals surface area contributed by atoms with E-state index >= 15 is 0 Å². The van der Waals surface area contributed by atoms with Gasteiger partial charge in [-0.15, -0.1) is 11.3 Å². The predicted molar refractivity (Wildman–Crippen MR) is 83.4 cm³/mol. The smallest absolute Gasteiger partial charge is 0.348 e. The van der Waals surface area contributed by atoms with Crippen molar-refractivity contribution in [1.82, 2.24) is 0 Å². The molecule has 3 aromatic rings. The number of rotatable bonds is 2. The number of carboxylic acids is 1. The van der Waals surface area contributed by atoms with E-state index in [9.17, 15) is 9.90 Å². The molecule has 0 radical (unpaired) electrons. The molecule has 3 N–H and O–H groups in total. The van der Waals surface area contributed by atoms with Gasteiger partial charge in [0.15, 0.2) is 0 Å². The summed E-state index contributed by atoms with van der Waals surface area (Å²) in [5.74, 6) is -0.970. The average molecular weight is 283 g/mol. The maximum atomic E-state index is 11.2. The molecule has 0 aliphatic heterocycles. The molecule has 0 fully saturated rings. The van der Waals surface area contributed by atoms with Crippen LogP contribution in [0.3, 0.4) is 0 Å². The molecule has 20 heavy (non-hydrogen) atoms. The summed E-state index contributed by atoms with van der Waals surface area (Å²) in [5.41, 5.74) is 8.15. The number of nitrogen functional groups attached to an aromatic ring is 1. The zero-order valence-corrected chi connectivity index (χ0v) is 11.7. The van der Waals surface area contributed by atoms with Gasteiger partial charge in [-0.25, -0.2) is 4.79 Å². The van der Waals surface area contributed by atoms with Crippen molar-refractivity contribution in [3.63, 3.8) is 0 Å². The number of nitrogens with two attached hydrogens (primary N) is 1. The maximum absolute atomic E-state index is 11.2. The Hall–Kier alpha value is -2.33. The number of anilines is 1. The van der Waals surface area contributed by atoms with E-state index in [4.69, 9.17) is 5.73 Å². The average Bonchev–Trinajstić information content (AvgIpc) is 2.75. The minimum Gasteiger partial charge on any atom is -0.477 e. The highest BCUT2D eigenvalue weighted by Crippen LogP contribution is 2.40. The summed E-state index contributed by atoms with van der Waals surface area (Å²) in [4.78, 5) is 12.4. The zero-order valence-electron chi connectivity index (χ0n) is 10.9. The summed E-state index contributed by atoms with van der Waals surface area (Å²) in [5, 5.41) is 11.4. The van der Waals surface area contributed by atoms with E-state index in [0.717, 1.165) is 26.8 Å². The van der Waals surface area contributed by atoms with Gasteiger partial charge in [0.05, 0.1) is 5.69 Å². The van der Waals surface area contributed by atoms with Gasteiger partial charge in [0.2, 0.25) is 0 Å². The molecule has 0 aliphatic rings. The molecule has 1 heterocycles. The largest absolute Gasteiger partial charge is 0.477 e. The van der Waals surface area contributed by atoms with E-state index in [-0.39, 0.29) is 4.88 Å². The van der Waals surface area contributed by atoms with Crippen LogP contribution in [0.4, 0.5) is 5.69 Å². The van der Waals surface area contributed by atoms with Crippen LogP contribution in [0.2, 0.25) is 0 Å². The zero-order chi connectivity index (χ0) is 14.3. The van der Waals surface area contributed by atoms with Crippen LogP contribution in [0, 0.1) is 6.92 Å². The Bertz CT molecular complexity index is 815. The van der Waals surface area contributed by atoms with Crippen molar-refractivity contribution in [1.29, 1.82) is 0 Å². The molecule has 0 saturated carbocycles. The van der Waals surface area contributed by atoms with Crippen molar-refractivity contribution >= 4 is 33.8 Å². The van der Waals surface area contributed by atoms with E-state index in [0.29, 0.717) is 5.69 Å². The molecule has 0 spiro atoms. The van der Waals surface area contributed by atoms with Crippen LogP contribution in [0.15, 0.2) is 42.5 Å². The highest BCUT2D eigenvalue weighted by Gasteiger charge is 2.19. The first-order chi connectivity index (χ1) is 9.59. The van der Waals surface area contributed by atoms with Crippen LogP contribution in [-0.2, 0) is 0 Å². The van der Waals surface area contributed by atoms with Crippen molar-refractivity contribution in [3.8, 4) is 10.4 Å². The normalized spacial score (nSPS) is 10.8. The minimum atomic E-state index is -0.970. The number of benzene rings is 2. The van der Waals surface area contributed by atoms with Gasteiger partial charge in [-0.05, 0) is 28.8 Å². The third-order valence-corrected chi connectivity index (χ3v) is 4.75. The van der Waals surface area contributed by atoms with Crippen molar-refractivity contribution in [2.75, 3.05) is 5.73 Å². The number of hydrogen-bond donors (Lipinski definition) is 2. The van der Waals surface area contributed by atoms with Crippen molar-refractivity contribution in [3.05, 3.63) is 52.9 Å². The second-order valence-electron chi connectivity index (χ2n) is 4.63. The van der Waals surface area contributed by atoms with E-state index in [1.165, 1.54) is 11.3 Å². The number of carboxylic acid groups (broad SMARTS) is 1. The van der Waals surface area contributed by atoms with Gasteiger partial charge in [-0.3, -0.25) is 0 Å². The summed E-state index contributed by atoms with van der Waals surface area (Å²) >= 11 is 1.24. The first-order valence-corrected chi connectivity index (χ1v) is 7.01. The Kier molecular flexibility index (Phi) is 2.95. The summed E-state index contributed by atoms with van der Waals surface area (Å²) in [6.07, 6.45) is 0. The molecule has 3 rings (SSSR count). The topological polar surface area (TPSA) is 63.3 Å². The van der Waals surface area contributed by atoms with Gasteiger partial charge in [0.25, 0.3) is 0 Å². The molecule has 1 aromatic heterocycles. The molecule has 4 heteroatoms. The van der Waals surface area contributed by atoms with Gasteiger partial charge in [0.1, 0.15) is 4.88 Å². The van der Waals surface area contributed by atoms with Crippen LogP contribution in [0.25, 0.3) is 21.2 Å². The monoisotopic (exact) mass is 283 g/mol. The number of thiophene rings is 1.